The summed E-state index contributed by atoms with van der Waals surface area (Å²) >= 11 is 1.65. The third-order valence-electron chi connectivity index (χ3n) is 3.69. The summed E-state index contributed by atoms with van der Waals surface area (Å²) in [5, 5.41) is 3.10. The molecule has 30 heavy (non-hydrogen) atoms. The number of nitrogens with one attached hydrogen (secondary N) is 1. The Bertz CT molecular complexity index is 965. The minimum absolute atomic E-state index is 0.136. The zero-order chi connectivity index (χ0) is 21.8. The van der Waals surface area contributed by atoms with Gasteiger partial charge in [-0.05, 0) is 43.2 Å². The summed E-state index contributed by atoms with van der Waals surface area (Å²) in [4.78, 5) is 13.6. The monoisotopic (exact) mass is 423 g/mol. The molecule has 0 aliphatic heterocycles. The highest BCUT2D eigenvalue weighted by Crippen LogP contribution is 2.21. The second kappa shape index (κ2) is 12.4. The SMILES string of the molecule is C=C(F)/C=C(\C=C/CSc1ccncc1)Nc1cc(C(/C=C\C)=C/CC)nc(N)n1. The van der Waals surface area contributed by atoms with Gasteiger partial charge >= 0.3 is 0 Å². The molecule has 5 nitrogen and oxygen atoms in total. The maximum absolute atomic E-state index is 13.5. The topological polar surface area (TPSA) is 76.7 Å². The summed E-state index contributed by atoms with van der Waals surface area (Å²) in [7, 11) is 0. The van der Waals surface area contributed by atoms with E-state index < -0.39 is 5.83 Å². The van der Waals surface area contributed by atoms with E-state index in [4.69, 9.17) is 5.73 Å². The molecule has 0 aromatic carbocycles. The molecule has 2 aromatic heterocycles. The van der Waals surface area contributed by atoms with Crippen molar-refractivity contribution in [3.63, 3.8) is 0 Å². The van der Waals surface area contributed by atoms with E-state index in [9.17, 15) is 4.39 Å². The first-order valence-electron chi connectivity index (χ1n) is 9.52. The number of nitrogen functional groups attached to an aromatic ring is 1. The van der Waals surface area contributed by atoms with Gasteiger partial charge in [-0.15, -0.1) is 11.8 Å². The molecule has 0 fully saturated rings. The Morgan fingerprint density at radius 2 is 2.03 bits per heavy atom. The van der Waals surface area contributed by atoms with Crippen LogP contribution in [0.1, 0.15) is 26.0 Å². The number of hydrogen-bond acceptors (Lipinski definition) is 6. The molecule has 156 valence electrons. The lowest BCUT2D eigenvalue weighted by Gasteiger charge is -2.10. The lowest BCUT2D eigenvalue weighted by atomic mass is 10.1. The summed E-state index contributed by atoms with van der Waals surface area (Å²) in [6, 6.07) is 5.66. The fourth-order valence-corrected chi connectivity index (χ4v) is 3.23. The van der Waals surface area contributed by atoms with Crippen molar-refractivity contribution < 1.29 is 4.39 Å². The molecule has 0 spiro atoms. The van der Waals surface area contributed by atoms with Crippen molar-refractivity contribution in [1.29, 1.82) is 0 Å². The minimum Gasteiger partial charge on any atom is -0.368 e. The molecule has 2 heterocycles. The van der Waals surface area contributed by atoms with E-state index in [1.165, 1.54) is 6.08 Å². The lowest BCUT2D eigenvalue weighted by molar-refractivity contribution is 0.670. The Hall–Kier alpha value is -3.19. The predicted octanol–water partition coefficient (Wildman–Crippen LogP) is 5.95. The van der Waals surface area contributed by atoms with Crippen LogP contribution in [0.5, 0.6) is 0 Å². The van der Waals surface area contributed by atoms with Gasteiger partial charge in [0, 0.05) is 34.8 Å². The fourth-order valence-electron chi connectivity index (χ4n) is 2.53. The average Bonchev–Trinajstić information content (AvgIpc) is 2.71. The number of anilines is 2. The highest BCUT2D eigenvalue weighted by atomic mass is 32.2. The Kier molecular flexibility index (Phi) is 9.54. The van der Waals surface area contributed by atoms with Crippen LogP contribution in [-0.2, 0) is 0 Å². The van der Waals surface area contributed by atoms with E-state index in [1.54, 1.807) is 36.3 Å². The summed E-state index contributed by atoms with van der Waals surface area (Å²) in [6.45, 7) is 7.31. The number of pyridine rings is 1. The largest absolute Gasteiger partial charge is 0.368 e. The van der Waals surface area contributed by atoms with Crippen molar-refractivity contribution in [3.05, 3.63) is 90.8 Å². The Balaban J connectivity index is 2.19. The number of nitrogens with two attached hydrogens (primary N) is 1. The number of aromatic nitrogens is 3. The number of halogens is 1. The lowest BCUT2D eigenvalue weighted by Crippen LogP contribution is -2.05. The van der Waals surface area contributed by atoms with E-state index in [0.717, 1.165) is 16.9 Å². The third kappa shape index (κ3) is 8.05. The van der Waals surface area contributed by atoms with E-state index in [0.29, 0.717) is 23.0 Å². The maximum atomic E-state index is 13.5. The number of nitrogens with zero attached hydrogens (tertiary/aromatic N) is 3. The highest BCUT2D eigenvalue weighted by molar-refractivity contribution is 7.99. The molecule has 2 rings (SSSR count). The molecular weight excluding hydrogens is 397 g/mol. The molecule has 0 atom stereocenters. The summed E-state index contributed by atoms with van der Waals surface area (Å²) in [5.41, 5.74) is 8.05. The van der Waals surface area contributed by atoms with Crippen molar-refractivity contribution in [3.8, 4) is 0 Å². The molecule has 3 N–H and O–H groups in total. The first-order valence-corrected chi connectivity index (χ1v) is 10.5. The van der Waals surface area contributed by atoms with Crippen LogP contribution in [0.4, 0.5) is 16.2 Å². The summed E-state index contributed by atoms with van der Waals surface area (Å²) in [6.07, 6.45) is 15.3. The Morgan fingerprint density at radius 3 is 2.70 bits per heavy atom. The third-order valence-corrected chi connectivity index (χ3v) is 4.65. The molecule has 0 saturated heterocycles. The van der Waals surface area contributed by atoms with Gasteiger partial charge < -0.3 is 11.1 Å². The molecule has 2 aromatic rings. The van der Waals surface area contributed by atoms with Crippen molar-refractivity contribution in [2.75, 3.05) is 16.8 Å². The molecule has 0 aliphatic rings. The van der Waals surface area contributed by atoms with Crippen LogP contribution >= 0.6 is 11.8 Å². The second-order valence-corrected chi connectivity index (χ2v) is 7.23. The minimum atomic E-state index is -0.563. The number of rotatable bonds is 10. The van der Waals surface area contributed by atoms with Crippen LogP contribution < -0.4 is 11.1 Å². The van der Waals surface area contributed by atoms with Gasteiger partial charge in [-0.2, -0.15) is 4.98 Å². The first kappa shape index (κ1) is 23.1. The molecule has 0 aliphatic carbocycles. The quantitative estimate of drug-likeness (QED) is 0.363. The van der Waals surface area contributed by atoms with Crippen LogP contribution in [0.25, 0.3) is 5.57 Å². The maximum Gasteiger partial charge on any atom is 0.222 e. The normalized spacial score (nSPS) is 12.6. The highest BCUT2D eigenvalue weighted by Gasteiger charge is 2.07. The first-order chi connectivity index (χ1) is 14.5. The van der Waals surface area contributed by atoms with E-state index in [-0.39, 0.29) is 5.95 Å². The van der Waals surface area contributed by atoms with Crippen LogP contribution in [0.2, 0.25) is 0 Å². The Labute approximate surface area is 181 Å². The second-order valence-electron chi connectivity index (χ2n) is 6.13. The average molecular weight is 424 g/mol. The van der Waals surface area contributed by atoms with E-state index >= 15 is 0 Å². The standard InChI is InChI=1S/C23H26FN5S/c1-4-7-18(8-5-2)21-16-22(29-23(25)28-21)27-19(15-17(3)24)9-6-14-30-20-10-12-26-13-11-20/h4,6-13,15-16H,3,5,14H2,1-2H3,(H3,25,27,28,29)/b7-4-,9-6-,18-8+,19-15+. The van der Waals surface area contributed by atoms with Crippen molar-refractivity contribution in [1.82, 2.24) is 15.0 Å². The smallest absolute Gasteiger partial charge is 0.222 e. The van der Waals surface area contributed by atoms with Gasteiger partial charge in [0.05, 0.1) is 5.69 Å². The molecule has 0 bridgehead atoms. The number of allylic oxidation sites excluding steroid dienone is 7. The molecule has 0 radical (unpaired) electrons. The van der Waals surface area contributed by atoms with Crippen LogP contribution in [-0.4, -0.2) is 20.7 Å². The summed E-state index contributed by atoms with van der Waals surface area (Å²) in [5.74, 6) is 0.760. The van der Waals surface area contributed by atoms with Gasteiger partial charge in [-0.1, -0.05) is 37.8 Å². The van der Waals surface area contributed by atoms with Crippen molar-refractivity contribution in [2.45, 2.75) is 25.2 Å². The number of thioether (sulfide) groups is 1. The zero-order valence-corrected chi connectivity index (χ0v) is 18.0. The number of hydrogen-bond donors (Lipinski definition) is 2. The van der Waals surface area contributed by atoms with Gasteiger partial charge in [0.1, 0.15) is 11.6 Å². The van der Waals surface area contributed by atoms with Crippen LogP contribution in [0.3, 0.4) is 0 Å². The molecular formula is C23H26FN5S. The fraction of sp³-hybridized carbons (Fsp3) is 0.174. The van der Waals surface area contributed by atoms with Gasteiger partial charge in [0.15, 0.2) is 0 Å². The van der Waals surface area contributed by atoms with Crippen molar-refractivity contribution in [2.24, 2.45) is 0 Å². The predicted molar refractivity (Wildman–Crippen MR) is 126 cm³/mol. The van der Waals surface area contributed by atoms with Crippen LogP contribution in [0, 0.1) is 0 Å². The van der Waals surface area contributed by atoms with E-state index in [1.807, 2.05) is 37.3 Å². The zero-order valence-electron chi connectivity index (χ0n) is 17.2. The summed E-state index contributed by atoms with van der Waals surface area (Å²) < 4.78 is 13.5. The molecule has 0 saturated carbocycles. The Morgan fingerprint density at radius 1 is 1.27 bits per heavy atom. The molecule has 0 amide bonds. The van der Waals surface area contributed by atoms with Gasteiger partial charge in [0.25, 0.3) is 0 Å². The van der Waals surface area contributed by atoms with Crippen molar-refractivity contribution >= 4 is 29.1 Å². The van der Waals surface area contributed by atoms with E-state index in [2.05, 4.69) is 39.8 Å². The molecule has 7 heteroatoms. The van der Waals surface area contributed by atoms with Gasteiger partial charge in [-0.3, -0.25) is 4.98 Å². The van der Waals surface area contributed by atoms with Gasteiger partial charge in [0.2, 0.25) is 5.95 Å². The van der Waals surface area contributed by atoms with Gasteiger partial charge in [-0.25, -0.2) is 9.37 Å². The molecule has 0 unspecified atom stereocenters. The van der Waals surface area contributed by atoms with Crippen LogP contribution in [0.15, 0.2) is 90.0 Å².